The quantitative estimate of drug-likeness (QED) is 0.354. The monoisotopic (exact) mass is 382 g/mol. The van der Waals surface area contributed by atoms with E-state index in [0.29, 0.717) is 5.70 Å². The van der Waals surface area contributed by atoms with Gasteiger partial charge in [0.25, 0.3) is 15.8 Å². The molecule has 1 aromatic rings. The molecule has 0 fully saturated rings. The predicted octanol–water partition coefficient (Wildman–Crippen LogP) is 1.94. The Balaban J connectivity index is 2.81. The molecule has 1 aliphatic heterocycles. The number of benzene rings is 1. The number of methoxy groups -OCH3 is 1. The number of nitrogens with zero attached hydrogens (tertiary/aromatic N) is 1. The number of non-ortho nitro benzene ring substituents is 1. The first kappa shape index (κ1) is 19.6. The van der Waals surface area contributed by atoms with Gasteiger partial charge in [-0.25, -0.2) is 4.79 Å². The van der Waals surface area contributed by atoms with Crippen LogP contribution in [-0.2, 0) is 23.8 Å². The number of ether oxygens (including phenoxy) is 1. The number of rotatable bonds is 5. The summed E-state index contributed by atoms with van der Waals surface area (Å²) in [5, 5.41) is 13.9. The van der Waals surface area contributed by atoms with Crippen LogP contribution in [0.2, 0.25) is 0 Å². The van der Waals surface area contributed by atoms with Gasteiger partial charge in [-0.05, 0) is 19.4 Å². The van der Waals surface area contributed by atoms with Gasteiger partial charge in [-0.2, -0.15) is 8.42 Å². The molecule has 26 heavy (non-hydrogen) atoms. The van der Waals surface area contributed by atoms with Crippen LogP contribution >= 0.6 is 0 Å². The Morgan fingerprint density at radius 2 is 1.88 bits per heavy atom. The third-order valence-corrected chi connectivity index (χ3v) is 5.53. The van der Waals surface area contributed by atoms with Crippen molar-refractivity contribution in [3.05, 3.63) is 61.8 Å². The number of nitro groups is 1. The van der Waals surface area contributed by atoms with Crippen molar-refractivity contribution < 1.29 is 27.1 Å². The Kier molecular flexibility index (Phi) is 5.47. The van der Waals surface area contributed by atoms with Gasteiger partial charge in [0.15, 0.2) is 0 Å². The lowest BCUT2D eigenvalue weighted by molar-refractivity contribution is -0.384. The number of esters is 1. The highest BCUT2D eigenvalue weighted by Gasteiger charge is 2.40. The molecule has 1 aliphatic rings. The fraction of sp³-hybridized carbons (Fsp3) is 0.312. The Morgan fingerprint density at radius 3 is 2.42 bits per heavy atom. The van der Waals surface area contributed by atoms with Crippen molar-refractivity contribution in [3.63, 3.8) is 0 Å². The van der Waals surface area contributed by atoms with E-state index >= 15 is 0 Å². The van der Waals surface area contributed by atoms with Gasteiger partial charge in [0, 0.05) is 23.5 Å². The standard InChI is InChI=1S/C16H18N2O7S/c1-9-13(16(19)24-3)14(11-6-5-7-12(8-11)18(20)21)15(10(2)17-9)26(22,23)25-4/h5-8,14,17H,1-4H3. The zero-order valence-corrected chi connectivity index (χ0v) is 15.4. The Hall–Kier alpha value is -2.72. The van der Waals surface area contributed by atoms with Gasteiger partial charge in [-0.3, -0.25) is 14.3 Å². The van der Waals surface area contributed by atoms with Crippen molar-refractivity contribution in [2.75, 3.05) is 14.2 Å². The first-order chi connectivity index (χ1) is 12.1. The molecule has 0 aromatic heterocycles. The highest BCUT2D eigenvalue weighted by Crippen LogP contribution is 2.42. The number of allylic oxidation sites excluding steroid dienone is 3. The molecule has 1 unspecified atom stereocenters. The molecule has 1 atom stereocenters. The third kappa shape index (κ3) is 3.46. The van der Waals surface area contributed by atoms with E-state index in [4.69, 9.17) is 4.74 Å². The molecule has 0 saturated heterocycles. The summed E-state index contributed by atoms with van der Waals surface area (Å²) in [6.45, 7) is 3.12. The summed E-state index contributed by atoms with van der Waals surface area (Å²) in [6.07, 6.45) is 0. The van der Waals surface area contributed by atoms with Crippen molar-refractivity contribution in [2.45, 2.75) is 19.8 Å². The number of carbonyl (C=O) groups excluding carboxylic acids is 1. The highest BCUT2D eigenvalue weighted by atomic mass is 32.2. The molecule has 1 aromatic carbocycles. The normalized spacial score (nSPS) is 17.8. The van der Waals surface area contributed by atoms with Gasteiger partial charge in [-0.1, -0.05) is 12.1 Å². The lowest BCUT2D eigenvalue weighted by Gasteiger charge is -2.30. The molecule has 0 spiro atoms. The Bertz CT molecular complexity index is 932. The van der Waals surface area contributed by atoms with Crippen molar-refractivity contribution in [1.82, 2.24) is 5.32 Å². The van der Waals surface area contributed by atoms with Crippen LogP contribution in [0.3, 0.4) is 0 Å². The molecule has 140 valence electrons. The van der Waals surface area contributed by atoms with E-state index in [9.17, 15) is 23.3 Å². The lowest BCUT2D eigenvalue weighted by atomic mass is 9.86. The third-order valence-electron chi connectivity index (χ3n) is 4.01. The van der Waals surface area contributed by atoms with Crippen LogP contribution in [-0.4, -0.2) is 33.5 Å². The van der Waals surface area contributed by atoms with Crippen molar-refractivity contribution in [3.8, 4) is 0 Å². The molecule has 2 rings (SSSR count). The number of carbonyl (C=O) groups is 1. The highest BCUT2D eigenvalue weighted by molar-refractivity contribution is 7.90. The van der Waals surface area contributed by atoms with Gasteiger partial charge < -0.3 is 10.1 Å². The second-order valence-corrected chi connectivity index (χ2v) is 7.23. The van der Waals surface area contributed by atoms with Crippen LogP contribution in [0.4, 0.5) is 5.69 Å². The molecule has 10 heteroatoms. The zero-order chi connectivity index (χ0) is 19.6. The summed E-state index contributed by atoms with van der Waals surface area (Å²) in [6, 6.07) is 5.44. The SMILES string of the molecule is COC(=O)C1=C(C)NC(C)=C(S(=O)(=O)OC)C1c1cccc([N+](=O)[O-])c1. The van der Waals surface area contributed by atoms with Gasteiger partial charge in [0.1, 0.15) is 4.91 Å². The van der Waals surface area contributed by atoms with Gasteiger partial charge in [0.05, 0.1) is 30.6 Å². The number of nitro benzene ring substituents is 1. The van der Waals surface area contributed by atoms with Crippen LogP contribution in [0.25, 0.3) is 0 Å². The van der Waals surface area contributed by atoms with Crippen molar-refractivity contribution in [1.29, 1.82) is 0 Å². The summed E-state index contributed by atoms with van der Waals surface area (Å²) < 4.78 is 34.4. The molecule has 1 N–H and O–H groups in total. The van der Waals surface area contributed by atoms with E-state index in [-0.39, 0.29) is 27.4 Å². The summed E-state index contributed by atoms with van der Waals surface area (Å²) >= 11 is 0. The average molecular weight is 382 g/mol. The minimum Gasteiger partial charge on any atom is -0.466 e. The van der Waals surface area contributed by atoms with Crippen LogP contribution in [0.15, 0.2) is 46.1 Å². The topological polar surface area (TPSA) is 125 Å². The molecule has 0 amide bonds. The Morgan fingerprint density at radius 1 is 1.23 bits per heavy atom. The molecule has 0 bridgehead atoms. The molecule has 0 saturated carbocycles. The average Bonchev–Trinajstić information content (AvgIpc) is 2.60. The maximum Gasteiger partial charge on any atom is 0.336 e. The van der Waals surface area contributed by atoms with E-state index in [1.165, 1.54) is 38.3 Å². The summed E-state index contributed by atoms with van der Waals surface area (Å²) in [5.74, 6) is -1.85. The van der Waals surface area contributed by atoms with E-state index in [0.717, 1.165) is 7.11 Å². The van der Waals surface area contributed by atoms with Crippen LogP contribution in [0, 0.1) is 10.1 Å². The molecule has 1 heterocycles. The van der Waals surface area contributed by atoms with E-state index in [1.54, 1.807) is 6.92 Å². The predicted molar refractivity (Wildman–Crippen MR) is 92.3 cm³/mol. The largest absolute Gasteiger partial charge is 0.466 e. The van der Waals surface area contributed by atoms with E-state index in [2.05, 4.69) is 9.50 Å². The lowest BCUT2D eigenvalue weighted by Crippen LogP contribution is -2.32. The number of nitrogens with one attached hydrogen (secondary N) is 1. The number of hydrogen-bond donors (Lipinski definition) is 1. The maximum absolute atomic E-state index is 12.5. The molecule has 0 radical (unpaired) electrons. The van der Waals surface area contributed by atoms with Crippen LogP contribution in [0.1, 0.15) is 25.3 Å². The summed E-state index contributed by atoms with van der Waals surface area (Å²) in [4.78, 5) is 22.6. The van der Waals surface area contributed by atoms with Crippen LogP contribution in [0.5, 0.6) is 0 Å². The molecule has 0 aliphatic carbocycles. The first-order valence-corrected chi connectivity index (χ1v) is 8.86. The van der Waals surface area contributed by atoms with Crippen LogP contribution < -0.4 is 5.32 Å². The molecule has 9 nitrogen and oxygen atoms in total. The van der Waals surface area contributed by atoms with E-state index < -0.39 is 26.9 Å². The first-order valence-electron chi connectivity index (χ1n) is 7.46. The molecular weight excluding hydrogens is 364 g/mol. The zero-order valence-electron chi connectivity index (χ0n) is 14.6. The second kappa shape index (κ2) is 7.26. The van der Waals surface area contributed by atoms with E-state index in [1.807, 2.05) is 0 Å². The fourth-order valence-corrected chi connectivity index (χ4v) is 4.06. The smallest absolute Gasteiger partial charge is 0.336 e. The maximum atomic E-state index is 12.5. The summed E-state index contributed by atoms with van der Waals surface area (Å²) in [7, 11) is -2.02. The second-order valence-electron chi connectivity index (χ2n) is 5.55. The van der Waals surface area contributed by atoms with Gasteiger partial charge in [0.2, 0.25) is 0 Å². The summed E-state index contributed by atoms with van der Waals surface area (Å²) in [5.41, 5.74) is 0.716. The minimum atomic E-state index is -4.19. The number of hydrogen-bond acceptors (Lipinski definition) is 8. The van der Waals surface area contributed by atoms with Crippen molar-refractivity contribution >= 4 is 21.8 Å². The van der Waals surface area contributed by atoms with Gasteiger partial charge >= 0.3 is 5.97 Å². The fourth-order valence-electron chi connectivity index (χ4n) is 2.91. The number of dihydropyridines is 1. The Labute approximate surface area is 150 Å². The minimum absolute atomic E-state index is 0.0363. The van der Waals surface area contributed by atoms with Gasteiger partial charge in [-0.15, -0.1) is 0 Å². The molecular formula is C16H18N2O7S. The van der Waals surface area contributed by atoms with Crippen molar-refractivity contribution in [2.24, 2.45) is 0 Å².